The molecule has 1 atom stereocenters. The van der Waals surface area contributed by atoms with Crippen LogP contribution in [0.1, 0.15) is 31.2 Å². The van der Waals surface area contributed by atoms with E-state index in [9.17, 15) is 0 Å². The average molecular weight is 487 g/mol. The largest absolute Gasteiger partial charge is 0.376 e. The van der Waals surface area contributed by atoms with E-state index in [2.05, 4.69) is 61.1 Å². The first kappa shape index (κ1) is 22.1. The van der Waals surface area contributed by atoms with Crippen LogP contribution in [0.25, 0.3) is 33.7 Å². The van der Waals surface area contributed by atoms with Gasteiger partial charge in [-0.1, -0.05) is 66.3 Å². The SMILES string of the molecule is CCc1ccc(-c2noc(CSc3nnc(-c4c[nH]c5ccccc45)n3CC3CCCO3)n2)cc1. The highest BCUT2D eigenvalue weighted by molar-refractivity contribution is 7.98. The summed E-state index contributed by atoms with van der Waals surface area (Å²) >= 11 is 1.55. The fourth-order valence-electron chi connectivity index (χ4n) is 4.45. The molecule has 3 aromatic heterocycles. The number of fused-ring (bicyclic) bond motifs is 1. The molecule has 178 valence electrons. The van der Waals surface area contributed by atoms with Crippen molar-refractivity contribution in [1.82, 2.24) is 29.9 Å². The predicted molar refractivity (Wildman–Crippen MR) is 135 cm³/mol. The number of benzene rings is 2. The van der Waals surface area contributed by atoms with Crippen LogP contribution in [0.15, 0.2) is 64.4 Å². The smallest absolute Gasteiger partial charge is 0.237 e. The number of aromatic nitrogens is 6. The minimum atomic E-state index is 0.162. The van der Waals surface area contributed by atoms with Gasteiger partial charge in [0, 0.05) is 34.8 Å². The zero-order valence-electron chi connectivity index (χ0n) is 19.5. The number of para-hydroxylation sites is 1. The van der Waals surface area contributed by atoms with Crippen LogP contribution >= 0.6 is 11.8 Å². The number of hydrogen-bond donors (Lipinski definition) is 1. The second-order valence-corrected chi connectivity index (χ2v) is 9.59. The standard InChI is InChI=1S/C26H26N6O2S/c1-2-17-9-11-18(12-10-17)24-28-23(34-31-24)16-35-26-30-29-25(32(26)15-19-6-5-13-33-19)21-14-27-22-8-4-3-7-20(21)22/h3-4,7-12,14,19,27H,2,5-6,13,15-16H2,1H3. The lowest BCUT2D eigenvalue weighted by molar-refractivity contribution is 0.0953. The van der Waals surface area contributed by atoms with Gasteiger partial charge in [-0.3, -0.25) is 4.57 Å². The number of rotatable bonds is 8. The maximum absolute atomic E-state index is 5.94. The van der Waals surface area contributed by atoms with Crippen LogP contribution in [0.4, 0.5) is 0 Å². The van der Waals surface area contributed by atoms with E-state index in [1.807, 2.05) is 30.5 Å². The Morgan fingerprint density at radius 1 is 1.11 bits per heavy atom. The number of ether oxygens (including phenoxy) is 1. The van der Waals surface area contributed by atoms with Crippen molar-refractivity contribution in [2.45, 2.75) is 49.7 Å². The first-order valence-electron chi connectivity index (χ1n) is 11.9. The fourth-order valence-corrected chi connectivity index (χ4v) is 5.24. The van der Waals surface area contributed by atoms with Crippen LogP contribution in [-0.4, -0.2) is 42.6 Å². The second-order valence-electron chi connectivity index (χ2n) is 8.65. The Kier molecular flexibility index (Phi) is 6.10. The van der Waals surface area contributed by atoms with E-state index in [-0.39, 0.29) is 6.10 Å². The van der Waals surface area contributed by atoms with Gasteiger partial charge in [0.15, 0.2) is 11.0 Å². The van der Waals surface area contributed by atoms with Crippen LogP contribution < -0.4 is 0 Å². The average Bonchev–Trinajstić information content (AvgIpc) is 3.70. The molecule has 0 amide bonds. The van der Waals surface area contributed by atoms with Gasteiger partial charge in [0.25, 0.3) is 0 Å². The molecular weight excluding hydrogens is 460 g/mol. The molecule has 6 rings (SSSR count). The summed E-state index contributed by atoms with van der Waals surface area (Å²) in [5, 5.41) is 15.2. The molecule has 35 heavy (non-hydrogen) atoms. The highest BCUT2D eigenvalue weighted by Gasteiger charge is 2.23. The molecule has 1 saturated heterocycles. The van der Waals surface area contributed by atoms with Gasteiger partial charge in [0.05, 0.1) is 18.4 Å². The summed E-state index contributed by atoms with van der Waals surface area (Å²) in [5.41, 5.74) is 4.34. The van der Waals surface area contributed by atoms with Gasteiger partial charge in [-0.25, -0.2) is 0 Å². The molecule has 9 heteroatoms. The molecule has 0 saturated carbocycles. The van der Waals surface area contributed by atoms with Crippen molar-refractivity contribution in [3.63, 3.8) is 0 Å². The Labute approximate surface area is 207 Å². The minimum absolute atomic E-state index is 0.162. The topological polar surface area (TPSA) is 94.7 Å². The monoisotopic (exact) mass is 486 g/mol. The zero-order chi connectivity index (χ0) is 23.6. The Morgan fingerprint density at radius 3 is 2.83 bits per heavy atom. The van der Waals surface area contributed by atoms with E-state index in [0.29, 0.717) is 24.0 Å². The summed E-state index contributed by atoms with van der Waals surface area (Å²) in [6, 6.07) is 16.5. The van der Waals surface area contributed by atoms with Gasteiger partial charge in [-0.2, -0.15) is 4.98 Å². The normalized spacial score (nSPS) is 15.9. The molecule has 1 aliphatic rings. The lowest BCUT2D eigenvalue weighted by Gasteiger charge is -2.14. The number of H-pyrrole nitrogens is 1. The summed E-state index contributed by atoms with van der Waals surface area (Å²) < 4.78 is 13.6. The number of aromatic amines is 1. The summed E-state index contributed by atoms with van der Waals surface area (Å²) in [5.74, 6) is 2.51. The number of nitrogens with zero attached hydrogens (tertiary/aromatic N) is 5. The third kappa shape index (κ3) is 4.49. The molecule has 2 aromatic carbocycles. The van der Waals surface area contributed by atoms with Crippen LogP contribution in [0.2, 0.25) is 0 Å². The number of aryl methyl sites for hydroxylation is 1. The maximum atomic E-state index is 5.94. The summed E-state index contributed by atoms with van der Waals surface area (Å²) in [6.07, 6.45) is 5.29. The second kappa shape index (κ2) is 9.67. The van der Waals surface area contributed by atoms with Gasteiger partial charge in [0.1, 0.15) is 0 Å². The highest BCUT2D eigenvalue weighted by Crippen LogP contribution is 2.32. The molecular formula is C26H26N6O2S. The third-order valence-corrected chi connectivity index (χ3v) is 7.32. The lowest BCUT2D eigenvalue weighted by Crippen LogP contribution is -2.16. The van der Waals surface area contributed by atoms with E-state index >= 15 is 0 Å². The fraction of sp³-hybridized carbons (Fsp3) is 0.308. The van der Waals surface area contributed by atoms with Crippen molar-refractivity contribution in [2.75, 3.05) is 6.61 Å². The van der Waals surface area contributed by atoms with Crippen molar-refractivity contribution in [3.8, 4) is 22.8 Å². The zero-order valence-corrected chi connectivity index (χ0v) is 20.3. The third-order valence-electron chi connectivity index (χ3n) is 6.37. The molecule has 0 radical (unpaired) electrons. The lowest BCUT2D eigenvalue weighted by atomic mass is 10.1. The first-order valence-corrected chi connectivity index (χ1v) is 12.9. The van der Waals surface area contributed by atoms with Crippen molar-refractivity contribution in [2.24, 2.45) is 0 Å². The van der Waals surface area contributed by atoms with Gasteiger partial charge in [-0.05, 0) is 30.9 Å². The van der Waals surface area contributed by atoms with Crippen molar-refractivity contribution in [3.05, 3.63) is 66.2 Å². The van der Waals surface area contributed by atoms with Gasteiger partial charge < -0.3 is 14.2 Å². The molecule has 1 N–H and O–H groups in total. The van der Waals surface area contributed by atoms with E-state index in [1.54, 1.807) is 11.8 Å². The highest BCUT2D eigenvalue weighted by atomic mass is 32.2. The Balaban J connectivity index is 1.25. The predicted octanol–water partition coefficient (Wildman–Crippen LogP) is 5.51. The molecule has 5 aromatic rings. The molecule has 8 nitrogen and oxygen atoms in total. The molecule has 4 heterocycles. The number of thioether (sulfide) groups is 1. The molecule has 1 fully saturated rings. The summed E-state index contributed by atoms with van der Waals surface area (Å²) in [4.78, 5) is 7.94. The quantitative estimate of drug-likeness (QED) is 0.289. The first-order chi connectivity index (χ1) is 17.3. The molecule has 1 unspecified atom stereocenters. The Hall–Kier alpha value is -3.43. The minimum Gasteiger partial charge on any atom is -0.376 e. The van der Waals surface area contributed by atoms with Gasteiger partial charge >= 0.3 is 0 Å². The van der Waals surface area contributed by atoms with Crippen molar-refractivity contribution < 1.29 is 9.26 Å². The molecule has 0 aliphatic carbocycles. The molecule has 1 aliphatic heterocycles. The number of hydrogen-bond acceptors (Lipinski definition) is 7. The van der Waals surface area contributed by atoms with Gasteiger partial charge in [0.2, 0.25) is 11.7 Å². The van der Waals surface area contributed by atoms with Crippen molar-refractivity contribution >= 4 is 22.7 Å². The summed E-state index contributed by atoms with van der Waals surface area (Å²) in [6.45, 7) is 3.66. The van der Waals surface area contributed by atoms with Crippen LogP contribution in [0.5, 0.6) is 0 Å². The van der Waals surface area contributed by atoms with Crippen LogP contribution in [0.3, 0.4) is 0 Å². The molecule has 0 bridgehead atoms. The van der Waals surface area contributed by atoms with Crippen LogP contribution in [0, 0.1) is 0 Å². The van der Waals surface area contributed by atoms with E-state index < -0.39 is 0 Å². The van der Waals surface area contributed by atoms with E-state index in [1.165, 1.54) is 5.56 Å². The van der Waals surface area contributed by atoms with E-state index in [0.717, 1.165) is 58.9 Å². The molecule has 0 spiro atoms. The van der Waals surface area contributed by atoms with E-state index in [4.69, 9.17) is 9.26 Å². The maximum Gasteiger partial charge on any atom is 0.237 e. The summed E-state index contributed by atoms with van der Waals surface area (Å²) in [7, 11) is 0. The van der Waals surface area contributed by atoms with Crippen molar-refractivity contribution in [1.29, 1.82) is 0 Å². The van der Waals surface area contributed by atoms with Gasteiger partial charge in [-0.15, -0.1) is 10.2 Å². The Bertz CT molecular complexity index is 1430. The Morgan fingerprint density at radius 2 is 2.00 bits per heavy atom. The van der Waals surface area contributed by atoms with Crippen LogP contribution in [-0.2, 0) is 23.5 Å². The number of nitrogens with one attached hydrogen (secondary N) is 1.